The van der Waals surface area contributed by atoms with Crippen LogP contribution in [0.2, 0.25) is 0 Å². The molecule has 2 aliphatic heterocycles. The number of amides is 1. The highest BCUT2D eigenvalue weighted by Crippen LogP contribution is 2.35. The Bertz CT molecular complexity index is 979. The van der Waals surface area contributed by atoms with Crippen molar-refractivity contribution in [2.75, 3.05) is 13.2 Å². The van der Waals surface area contributed by atoms with Crippen LogP contribution in [0.15, 0.2) is 30.6 Å². The molecule has 1 aliphatic carbocycles. The van der Waals surface area contributed by atoms with Crippen LogP contribution in [-0.4, -0.2) is 47.0 Å². The molecule has 32 heavy (non-hydrogen) atoms. The smallest absolute Gasteiger partial charge is 0.238 e. The van der Waals surface area contributed by atoms with Crippen LogP contribution < -0.4 is 10.6 Å². The molecule has 8 heteroatoms. The van der Waals surface area contributed by atoms with Gasteiger partial charge in [0.2, 0.25) is 5.91 Å². The summed E-state index contributed by atoms with van der Waals surface area (Å²) in [6.07, 6.45) is 9.70. The molecular weight excluding hydrogens is 409 g/mol. The molecule has 1 aromatic carbocycles. The second-order valence-corrected chi connectivity index (χ2v) is 8.84. The number of piperidine rings is 1. The number of halogens is 1. The number of hydrogen-bond acceptors (Lipinski definition) is 5. The summed E-state index contributed by atoms with van der Waals surface area (Å²) in [6, 6.07) is 7.69. The minimum atomic E-state index is -0.177. The molecule has 1 amide bonds. The van der Waals surface area contributed by atoms with Crippen LogP contribution in [0.4, 0.5) is 4.39 Å². The Morgan fingerprint density at radius 2 is 2.25 bits per heavy atom. The molecule has 4 atom stereocenters. The van der Waals surface area contributed by atoms with Gasteiger partial charge >= 0.3 is 0 Å². The van der Waals surface area contributed by atoms with Crippen LogP contribution in [-0.2, 0) is 16.1 Å². The number of nitriles is 1. The number of aryl methyl sites for hydroxylation is 1. The molecule has 1 aromatic heterocycles. The third-order valence-corrected chi connectivity index (χ3v) is 6.54. The first kappa shape index (κ1) is 22.4. The number of rotatable bonds is 5. The molecule has 0 spiro atoms. The first-order chi connectivity index (χ1) is 15.5. The zero-order valence-electron chi connectivity index (χ0n) is 18.4. The number of carbonyl (C=O) groups is 1. The van der Waals surface area contributed by atoms with Crippen LogP contribution in [0.5, 0.6) is 0 Å². The number of benzene rings is 1. The first-order valence-electron chi connectivity index (χ1n) is 11.3. The van der Waals surface area contributed by atoms with Gasteiger partial charge in [0.15, 0.2) is 0 Å². The van der Waals surface area contributed by atoms with Gasteiger partial charge in [-0.15, -0.1) is 0 Å². The van der Waals surface area contributed by atoms with Crippen LogP contribution in [0.25, 0.3) is 11.1 Å². The standard InChI is InChI=1S/C15H17FN2O.C9H13N3O/c1-11-4-5-12(7-15(11)16)13-8-17-18(9-13)10-14-3-2-6-19-14;10-3-4-11-9(13)8-6-1-2-7(5-6)12-8/h4-5,7-9,14H,2-3,6,10H2,1H3;6-8,12H,1-2,4-5H2,(H,11,13)/t;6?,7?,8-/m.0/s1. The van der Waals surface area contributed by atoms with Crippen molar-refractivity contribution in [3.8, 4) is 17.2 Å². The molecule has 7 nitrogen and oxygen atoms in total. The zero-order valence-corrected chi connectivity index (χ0v) is 18.4. The Balaban J connectivity index is 0.000000165. The molecule has 0 radical (unpaired) electrons. The summed E-state index contributed by atoms with van der Waals surface area (Å²) < 4.78 is 21.0. The average molecular weight is 440 g/mol. The summed E-state index contributed by atoms with van der Waals surface area (Å²) in [5.74, 6) is 0.321. The number of aromatic nitrogens is 2. The normalized spacial score (nSPS) is 25.8. The quantitative estimate of drug-likeness (QED) is 0.699. The monoisotopic (exact) mass is 439 g/mol. The van der Waals surface area contributed by atoms with Gasteiger partial charge in [0.05, 0.1) is 31.0 Å². The van der Waals surface area contributed by atoms with E-state index >= 15 is 0 Å². The van der Waals surface area contributed by atoms with Crippen molar-refractivity contribution in [2.45, 2.75) is 63.8 Å². The van der Waals surface area contributed by atoms with Gasteiger partial charge in [-0.25, -0.2) is 4.39 Å². The van der Waals surface area contributed by atoms with Crippen molar-refractivity contribution in [1.82, 2.24) is 20.4 Å². The molecule has 3 unspecified atom stereocenters. The lowest BCUT2D eigenvalue weighted by molar-refractivity contribution is -0.123. The van der Waals surface area contributed by atoms with Crippen molar-refractivity contribution < 1.29 is 13.9 Å². The lowest BCUT2D eigenvalue weighted by atomic mass is 9.99. The minimum Gasteiger partial charge on any atom is -0.376 e. The highest BCUT2D eigenvalue weighted by Gasteiger charge is 2.42. The maximum absolute atomic E-state index is 13.6. The Morgan fingerprint density at radius 1 is 1.38 bits per heavy atom. The van der Waals surface area contributed by atoms with E-state index in [4.69, 9.17) is 10.00 Å². The highest BCUT2D eigenvalue weighted by molar-refractivity contribution is 5.82. The van der Waals surface area contributed by atoms with Crippen molar-refractivity contribution in [3.05, 3.63) is 42.0 Å². The first-order valence-corrected chi connectivity index (χ1v) is 11.3. The van der Waals surface area contributed by atoms with Gasteiger partial charge in [0.25, 0.3) is 0 Å². The van der Waals surface area contributed by atoms with E-state index in [9.17, 15) is 9.18 Å². The summed E-state index contributed by atoms with van der Waals surface area (Å²) in [5, 5.41) is 18.5. The number of fused-ring (bicyclic) bond motifs is 2. The number of nitrogens with one attached hydrogen (secondary N) is 2. The SMILES string of the molecule is Cc1ccc(-c2cnn(CC3CCCO3)c2)cc1F.N#CCNC(=O)[C@H]1NC2CCC1C2. The number of ether oxygens (including phenoxy) is 1. The van der Waals surface area contributed by atoms with Crippen molar-refractivity contribution >= 4 is 5.91 Å². The van der Waals surface area contributed by atoms with Gasteiger partial charge in [0, 0.05) is 24.4 Å². The predicted molar refractivity (Wildman–Crippen MR) is 118 cm³/mol. The summed E-state index contributed by atoms with van der Waals surface area (Å²) >= 11 is 0. The fourth-order valence-electron chi connectivity index (χ4n) is 4.77. The Morgan fingerprint density at radius 3 is 2.91 bits per heavy atom. The number of carbonyl (C=O) groups excluding carboxylic acids is 1. The summed E-state index contributed by atoms with van der Waals surface area (Å²) in [6.45, 7) is 3.50. The van der Waals surface area contributed by atoms with Gasteiger partial charge in [-0.2, -0.15) is 10.4 Å². The lowest BCUT2D eigenvalue weighted by Crippen LogP contribution is -2.47. The van der Waals surface area contributed by atoms with Crippen LogP contribution in [0.1, 0.15) is 37.7 Å². The summed E-state index contributed by atoms with van der Waals surface area (Å²) in [5.41, 5.74) is 2.47. The topological polar surface area (TPSA) is 92.0 Å². The van der Waals surface area contributed by atoms with E-state index in [2.05, 4.69) is 15.7 Å². The van der Waals surface area contributed by atoms with Crippen molar-refractivity contribution in [3.63, 3.8) is 0 Å². The van der Waals surface area contributed by atoms with E-state index in [1.54, 1.807) is 25.3 Å². The summed E-state index contributed by atoms with van der Waals surface area (Å²) in [4.78, 5) is 11.5. The third kappa shape index (κ3) is 5.34. The molecule has 170 valence electrons. The largest absolute Gasteiger partial charge is 0.376 e. The Hall–Kier alpha value is -2.76. The highest BCUT2D eigenvalue weighted by atomic mass is 19.1. The molecule has 2 aromatic rings. The fourth-order valence-corrected chi connectivity index (χ4v) is 4.77. The Kier molecular flexibility index (Phi) is 7.18. The number of nitrogens with zero attached hydrogens (tertiary/aromatic N) is 3. The average Bonchev–Trinajstić information content (AvgIpc) is 3.60. The third-order valence-electron chi connectivity index (χ3n) is 6.54. The molecule has 1 saturated carbocycles. The van der Waals surface area contributed by atoms with Gasteiger partial charge in [-0.05, 0) is 62.1 Å². The molecule has 2 bridgehead atoms. The fraction of sp³-hybridized carbons (Fsp3) is 0.542. The van der Waals surface area contributed by atoms with E-state index in [0.717, 1.165) is 50.0 Å². The Labute approximate surface area is 187 Å². The molecule has 5 rings (SSSR count). The van der Waals surface area contributed by atoms with Gasteiger partial charge in [0.1, 0.15) is 12.4 Å². The zero-order chi connectivity index (χ0) is 22.5. The van der Waals surface area contributed by atoms with E-state index in [-0.39, 0.29) is 30.4 Å². The maximum Gasteiger partial charge on any atom is 0.238 e. The molecule has 3 heterocycles. The van der Waals surface area contributed by atoms with Gasteiger partial charge < -0.3 is 15.4 Å². The number of hydrogen-bond donors (Lipinski definition) is 2. The van der Waals surface area contributed by atoms with Crippen molar-refractivity contribution in [2.24, 2.45) is 5.92 Å². The molecule has 2 saturated heterocycles. The lowest BCUT2D eigenvalue weighted by Gasteiger charge is -2.21. The van der Waals surface area contributed by atoms with E-state index in [0.29, 0.717) is 17.5 Å². The van der Waals surface area contributed by atoms with E-state index in [1.165, 1.54) is 6.42 Å². The van der Waals surface area contributed by atoms with Crippen molar-refractivity contribution in [1.29, 1.82) is 5.26 Å². The predicted octanol–water partition coefficient (Wildman–Crippen LogP) is 2.94. The maximum atomic E-state index is 13.6. The van der Waals surface area contributed by atoms with E-state index in [1.807, 2.05) is 23.0 Å². The van der Waals surface area contributed by atoms with Crippen LogP contribution in [0.3, 0.4) is 0 Å². The van der Waals surface area contributed by atoms with Crippen LogP contribution >= 0.6 is 0 Å². The minimum absolute atomic E-state index is 0.00579. The molecule has 3 fully saturated rings. The molecular formula is C24H30FN5O2. The second kappa shape index (κ2) is 10.2. The van der Waals surface area contributed by atoms with Gasteiger partial charge in [-0.1, -0.05) is 12.1 Å². The van der Waals surface area contributed by atoms with Gasteiger partial charge in [-0.3, -0.25) is 9.48 Å². The second-order valence-electron chi connectivity index (χ2n) is 8.84. The molecule has 2 N–H and O–H groups in total. The van der Waals surface area contributed by atoms with E-state index < -0.39 is 0 Å². The summed E-state index contributed by atoms with van der Waals surface area (Å²) in [7, 11) is 0. The molecule has 3 aliphatic rings. The van der Waals surface area contributed by atoms with Crippen LogP contribution in [0, 0.1) is 30.0 Å².